The van der Waals surface area contributed by atoms with Crippen LogP contribution in [0.25, 0.3) is 0 Å². The molecule has 0 amide bonds. The molecule has 0 spiro atoms. The van der Waals surface area contributed by atoms with Crippen molar-refractivity contribution in [3.05, 3.63) is 29.3 Å². The molecule has 3 heteroatoms. The minimum Gasteiger partial charge on any atom is -0.493 e. The van der Waals surface area contributed by atoms with Gasteiger partial charge in [-0.3, -0.25) is 0 Å². The number of hydrogen-bond acceptors (Lipinski definition) is 3. The zero-order valence-electron chi connectivity index (χ0n) is 8.36. The van der Waals surface area contributed by atoms with E-state index in [4.69, 9.17) is 9.94 Å². The Bertz CT molecular complexity index is 323. The van der Waals surface area contributed by atoms with Crippen LogP contribution in [-0.4, -0.2) is 30.5 Å². The van der Waals surface area contributed by atoms with Crippen molar-refractivity contribution in [2.24, 2.45) is 0 Å². The lowest BCUT2D eigenvalue weighted by Gasteiger charge is -2.08. The fraction of sp³-hybridized carbons (Fsp3) is 0.455. The molecular weight excluding hydrogens is 178 g/mol. The molecule has 1 aromatic rings. The van der Waals surface area contributed by atoms with Gasteiger partial charge >= 0.3 is 0 Å². The average Bonchev–Trinajstić information content (AvgIpc) is 2.61. The van der Waals surface area contributed by atoms with E-state index in [1.54, 1.807) is 7.05 Å². The molecule has 0 saturated heterocycles. The molecule has 76 valence electrons. The number of ether oxygens (including phenoxy) is 1. The van der Waals surface area contributed by atoms with Gasteiger partial charge in [0.05, 0.1) is 6.61 Å². The first-order valence-electron chi connectivity index (χ1n) is 4.90. The summed E-state index contributed by atoms with van der Waals surface area (Å²) in [7, 11) is 1.66. The van der Waals surface area contributed by atoms with Crippen molar-refractivity contribution in [3.63, 3.8) is 0 Å². The highest BCUT2D eigenvalue weighted by Crippen LogP contribution is 2.25. The van der Waals surface area contributed by atoms with Crippen molar-refractivity contribution in [2.45, 2.75) is 12.8 Å². The van der Waals surface area contributed by atoms with Crippen molar-refractivity contribution in [1.82, 2.24) is 5.06 Å². The van der Waals surface area contributed by atoms with E-state index in [2.05, 4.69) is 12.1 Å². The van der Waals surface area contributed by atoms with Gasteiger partial charge < -0.3 is 9.94 Å². The van der Waals surface area contributed by atoms with Crippen LogP contribution in [0.5, 0.6) is 5.75 Å². The molecule has 1 aliphatic heterocycles. The van der Waals surface area contributed by atoms with E-state index in [1.807, 2.05) is 6.07 Å². The van der Waals surface area contributed by atoms with Gasteiger partial charge in [-0.1, -0.05) is 12.1 Å². The van der Waals surface area contributed by atoms with Crippen LogP contribution in [0.3, 0.4) is 0 Å². The lowest BCUT2D eigenvalue weighted by atomic mass is 10.1. The Hall–Kier alpha value is -1.06. The number of rotatable bonds is 3. The molecule has 1 aliphatic rings. The summed E-state index contributed by atoms with van der Waals surface area (Å²) in [5.74, 6) is 1.02. The second-order valence-corrected chi connectivity index (χ2v) is 3.67. The predicted octanol–water partition coefficient (Wildman–Crippen LogP) is 1.49. The molecule has 2 rings (SSSR count). The normalized spacial score (nSPS) is 14.2. The smallest absolute Gasteiger partial charge is 0.122 e. The van der Waals surface area contributed by atoms with Gasteiger partial charge in [0.2, 0.25) is 0 Å². The largest absolute Gasteiger partial charge is 0.493 e. The zero-order chi connectivity index (χ0) is 9.97. The number of fused-ring (bicyclic) bond motifs is 1. The third-order valence-electron chi connectivity index (χ3n) is 2.48. The second kappa shape index (κ2) is 3.98. The first-order chi connectivity index (χ1) is 6.75. The quantitative estimate of drug-likeness (QED) is 0.738. The monoisotopic (exact) mass is 193 g/mol. The molecule has 14 heavy (non-hydrogen) atoms. The van der Waals surface area contributed by atoms with Crippen molar-refractivity contribution in [2.75, 3.05) is 20.2 Å². The van der Waals surface area contributed by atoms with Crippen LogP contribution in [0.4, 0.5) is 0 Å². The fourth-order valence-electron chi connectivity index (χ4n) is 1.69. The summed E-state index contributed by atoms with van der Waals surface area (Å²) in [5, 5.41) is 10.2. The van der Waals surface area contributed by atoms with Crippen molar-refractivity contribution < 1.29 is 9.94 Å². The van der Waals surface area contributed by atoms with Crippen LogP contribution in [0.15, 0.2) is 18.2 Å². The Morgan fingerprint density at radius 3 is 3.14 bits per heavy atom. The molecule has 0 fully saturated rings. The van der Waals surface area contributed by atoms with Crippen LogP contribution < -0.4 is 4.74 Å². The van der Waals surface area contributed by atoms with Crippen molar-refractivity contribution in [1.29, 1.82) is 0 Å². The molecule has 0 bridgehead atoms. The molecule has 0 saturated carbocycles. The lowest BCUT2D eigenvalue weighted by molar-refractivity contribution is -0.0634. The maximum Gasteiger partial charge on any atom is 0.122 e. The summed E-state index contributed by atoms with van der Waals surface area (Å²) in [4.78, 5) is 0. The Labute approximate surface area is 83.9 Å². The summed E-state index contributed by atoms with van der Waals surface area (Å²) >= 11 is 0. The van der Waals surface area contributed by atoms with Gasteiger partial charge in [-0.2, -0.15) is 5.06 Å². The fourth-order valence-corrected chi connectivity index (χ4v) is 1.69. The maximum atomic E-state index is 9.02. The Balaban J connectivity index is 2.05. The highest BCUT2D eigenvalue weighted by Gasteiger charge is 2.11. The maximum absolute atomic E-state index is 9.02. The molecule has 0 unspecified atom stereocenters. The molecule has 0 aliphatic carbocycles. The minimum absolute atomic E-state index is 0.666. The Kier molecular flexibility index (Phi) is 2.70. The number of benzene rings is 1. The zero-order valence-corrected chi connectivity index (χ0v) is 8.36. The van der Waals surface area contributed by atoms with Gasteiger partial charge in [-0.25, -0.2) is 0 Å². The molecular formula is C11H15NO2. The summed E-state index contributed by atoms with van der Waals surface area (Å²) in [6, 6.07) is 6.26. The number of likely N-dealkylation sites (N-methyl/N-ethyl adjacent to an activating group) is 1. The summed E-state index contributed by atoms with van der Waals surface area (Å²) < 4.78 is 5.42. The lowest BCUT2D eigenvalue weighted by Crippen LogP contribution is -2.15. The number of hydrogen-bond donors (Lipinski definition) is 1. The molecule has 0 radical (unpaired) electrons. The molecule has 0 aromatic heterocycles. The number of nitrogens with zero attached hydrogens (tertiary/aromatic N) is 1. The predicted molar refractivity (Wildman–Crippen MR) is 53.8 cm³/mol. The third kappa shape index (κ3) is 2.05. The van der Waals surface area contributed by atoms with Crippen LogP contribution in [0.2, 0.25) is 0 Å². The van der Waals surface area contributed by atoms with Gasteiger partial charge in [0, 0.05) is 20.0 Å². The first-order valence-corrected chi connectivity index (χ1v) is 4.90. The Morgan fingerprint density at radius 2 is 2.36 bits per heavy atom. The summed E-state index contributed by atoms with van der Waals surface area (Å²) in [6.45, 7) is 1.47. The van der Waals surface area contributed by atoms with Crippen LogP contribution in [0, 0.1) is 0 Å². The van der Waals surface area contributed by atoms with E-state index in [0.29, 0.717) is 6.54 Å². The van der Waals surface area contributed by atoms with E-state index in [0.717, 1.165) is 25.2 Å². The first kappa shape index (κ1) is 9.49. The van der Waals surface area contributed by atoms with E-state index >= 15 is 0 Å². The van der Waals surface area contributed by atoms with Crippen molar-refractivity contribution >= 4 is 0 Å². The van der Waals surface area contributed by atoms with Crippen molar-refractivity contribution in [3.8, 4) is 5.75 Å². The van der Waals surface area contributed by atoms with E-state index in [9.17, 15) is 0 Å². The minimum atomic E-state index is 0.666. The summed E-state index contributed by atoms with van der Waals surface area (Å²) in [6.07, 6.45) is 1.89. The van der Waals surface area contributed by atoms with Crippen LogP contribution in [0.1, 0.15) is 11.1 Å². The molecule has 1 aromatic carbocycles. The summed E-state index contributed by atoms with van der Waals surface area (Å²) in [5.41, 5.74) is 2.55. The van der Waals surface area contributed by atoms with Gasteiger partial charge in [0.1, 0.15) is 5.75 Å². The molecule has 1 N–H and O–H groups in total. The second-order valence-electron chi connectivity index (χ2n) is 3.67. The van der Waals surface area contributed by atoms with E-state index < -0.39 is 0 Å². The SMILES string of the molecule is CN(O)CCc1ccc2c(c1)CCO2. The van der Waals surface area contributed by atoms with Gasteiger partial charge in [0.15, 0.2) is 0 Å². The molecule has 3 nitrogen and oxygen atoms in total. The highest BCUT2D eigenvalue weighted by atomic mass is 16.5. The van der Waals surface area contributed by atoms with E-state index in [-0.39, 0.29) is 0 Å². The molecule has 0 atom stereocenters. The van der Waals surface area contributed by atoms with Crippen LogP contribution in [-0.2, 0) is 12.8 Å². The third-order valence-corrected chi connectivity index (χ3v) is 2.48. The molecule has 1 heterocycles. The number of hydroxylamine groups is 2. The highest BCUT2D eigenvalue weighted by molar-refractivity contribution is 5.39. The van der Waals surface area contributed by atoms with E-state index in [1.165, 1.54) is 16.2 Å². The van der Waals surface area contributed by atoms with Crippen LogP contribution >= 0.6 is 0 Å². The van der Waals surface area contributed by atoms with Gasteiger partial charge in [0.25, 0.3) is 0 Å². The average molecular weight is 193 g/mol. The topological polar surface area (TPSA) is 32.7 Å². The van der Waals surface area contributed by atoms with Gasteiger partial charge in [-0.05, 0) is 23.6 Å². The standard InChI is InChI=1S/C11H15NO2/c1-12(13)6-4-9-2-3-11-10(8-9)5-7-14-11/h2-3,8,13H,4-7H2,1H3. The van der Waals surface area contributed by atoms with Gasteiger partial charge in [-0.15, -0.1) is 0 Å². The Morgan fingerprint density at radius 1 is 1.50 bits per heavy atom.